The van der Waals surface area contributed by atoms with Crippen LogP contribution in [0.5, 0.6) is 5.75 Å². The van der Waals surface area contributed by atoms with Crippen molar-refractivity contribution in [2.45, 2.75) is 13.8 Å². The minimum Gasteiger partial charge on any atom is -0.497 e. The first-order valence-electron chi connectivity index (χ1n) is 8.84. The smallest absolute Gasteiger partial charge is 0.259 e. The number of anilines is 1. The summed E-state index contributed by atoms with van der Waals surface area (Å²) in [6.45, 7) is 3.82. The van der Waals surface area contributed by atoms with Crippen LogP contribution in [0.25, 0.3) is 22.4 Å². The van der Waals surface area contributed by atoms with Crippen LogP contribution in [0.1, 0.15) is 21.6 Å². The largest absolute Gasteiger partial charge is 0.497 e. The lowest BCUT2D eigenvalue weighted by molar-refractivity contribution is 0.102. The third-order valence-electron chi connectivity index (χ3n) is 4.56. The average Bonchev–Trinajstić information content (AvgIpc) is 3.09. The van der Waals surface area contributed by atoms with E-state index in [2.05, 4.69) is 15.5 Å². The highest BCUT2D eigenvalue weighted by molar-refractivity contribution is 6.13. The van der Waals surface area contributed by atoms with Gasteiger partial charge >= 0.3 is 0 Å². The standard InChI is InChI=1S/C22H19N3O3/c1-13-4-6-15(7-5-13)19-12-18(20-14(2)25-28-22(20)24-19)21(26)23-16-8-10-17(27-3)11-9-16/h4-12H,1-3H3,(H,23,26). The fraction of sp³-hybridized carbons (Fsp3) is 0.136. The van der Waals surface area contributed by atoms with E-state index in [1.54, 1.807) is 44.4 Å². The van der Waals surface area contributed by atoms with Crippen LogP contribution in [-0.2, 0) is 0 Å². The van der Waals surface area contributed by atoms with Gasteiger partial charge in [-0.1, -0.05) is 35.0 Å². The molecule has 0 aliphatic rings. The third kappa shape index (κ3) is 3.32. The van der Waals surface area contributed by atoms with Crippen molar-refractivity contribution in [3.05, 3.63) is 71.4 Å². The fourth-order valence-electron chi connectivity index (χ4n) is 3.02. The Balaban J connectivity index is 1.76. The Kier molecular flexibility index (Phi) is 4.53. The van der Waals surface area contributed by atoms with E-state index in [9.17, 15) is 4.79 Å². The van der Waals surface area contributed by atoms with Gasteiger partial charge in [0.25, 0.3) is 11.6 Å². The van der Waals surface area contributed by atoms with Crippen molar-refractivity contribution >= 4 is 22.7 Å². The summed E-state index contributed by atoms with van der Waals surface area (Å²) in [4.78, 5) is 17.6. The molecule has 0 radical (unpaired) electrons. The minimum absolute atomic E-state index is 0.253. The highest BCUT2D eigenvalue weighted by Crippen LogP contribution is 2.28. The Labute approximate surface area is 162 Å². The molecule has 0 fully saturated rings. The number of carbonyl (C=O) groups is 1. The Morgan fingerprint density at radius 3 is 2.43 bits per heavy atom. The maximum Gasteiger partial charge on any atom is 0.259 e. The Morgan fingerprint density at radius 2 is 1.75 bits per heavy atom. The lowest BCUT2D eigenvalue weighted by Crippen LogP contribution is -2.13. The van der Waals surface area contributed by atoms with Gasteiger partial charge in [-0.25, -0.2) is 4.98 Å². The van der Waals surface area contributed by atoms with Gasteiger partial charge in [0.1, 0.15) is 5.75 Å². The van der Waals surface area contributed by atoms with E-state index < -0.39 is 0 Å². The van der Waals surface area contributed by atoms with Crippen molar-refractivity contribution in [1.29, 1.82) is 0 Å². The Hall–Kier alpha value is -3.67. The number of carbonyl (C=O) groups excluding carboxylic acids is 1. The number of ether oxygens (including phenoxy) is 1. The van der Waals surface area contributed by atoms with Gasteiger partial charge in [0, 0.05) is 11.3 Å². The number of nitrogens with one attached hydrogen (secondary N) is 1. The predicted molar refractivity (Wildman–Crippen MR) is 108 cm³/mol. The van der Waals surface area contributed by atoms with E-state index >= 15 is 0 Å². The van der Waals surface area contributed by atoms with Gasteiger partial charge < -0.3 is 14.6 Å². The molecule has 2 heterocycles. The number of aromatic nitrogens is 2. The van der Waals surface area contributed by atoms with Gasteiger partial charge in [0.2, 0.25) is 0 Å². The molecule has 4 rings (SSSR count). The molecule has 0 bridgehead atoms. The van der Waals surface area contributed by atoms with E-state index in [1.165, 1.54) is 0 Å². The number of aryl methyl sites for hydroxylation is 2. The molecule has 28 heavy (non-hydrogen) atoms. The Morgan fingerprint density at radius 1 is 1.04 bits per heavy atom. The summed E-state index contributed by atoms with van der Waals surface area (Å²) in [5.41, 5.74) is 4.81. The van der Waals surface area contributed by atoms with Crippen molar-refractivity contribution in [2.75, 3.05) is 12.4 Å². The summed E-state index contributed by atoms with van der Waals surface area (Å²) < 4.78 is 10.5. The number of hydrogen-bond donors (Lipinski definition) is 1. The molecule has 2 aromatic carbocycles. The van der Waals surface area contributed by atoms with Crippen molar-refractivity contribution in [3.8, 4) is 17.0 Å². The van der Waals surface area contributed by atoms with Gasteiger partial charge in [-0.2, -0.15) is 0 Å². The lowest BCUT2D eigenvalue weighted by atomic mass is 10.0. The fourth-order valence-corrected chi connectivity index (χ4v) is 3.02. The molecule has 1 amide bonds. The summed E-state index contributed by atoms with van der Waals surface area (Å²) in [5, 5.41) is 7.51. The van der Waals surface area contributed by atoms with E-state index in [-0.39, 0.29) is 5.91 Å². The lowest BCUT2D eigenvalue weighted by Gasteiger charge is -2.09. The summed E-state index contributed by atoms with van der Waals surface area (Å²) in [6, 6.07) is 16.9. The number of hydrogen-bond acceptors (Lipinski definition) is 5. The molecule has 1 N–H and O–H groups in total. The van der Waals surface area contributed by atoms with Crippen LogP contribution in [0.4, 0.5) is 5.69 Å². The molecule has 0 aliphatic heterocycles. The number of nitrogens with zero attached hydrogens (tertiary/aromatic N) is 2. The molecule has 0 saturated carbocycles. The van der Waals surface area contributed by atoms with Gasteiger partial charge in [-0.15, -0.1) is 0 Å². The number of fused-ring (bicyclic) bond motifs is 1. The zero-order chi connectivity index (χ0) is 19.7. The molecule has 0 aliphatic carbocycles. The van der Waals surface area contributed by atoms with Crippen LogP contribution >= 0.6 is 0 Å². The average molecular weight is 373 g/mol. The highest BCUT2D eigenvalue weighted by Gasteiger charge is 2.19. The molecule has 6 nitrogen and oxygen atoms in total. The normalized spacial score (nSPS) is 10.8. The summed E-state index contributed by atoms with van der Waals surface area (Å²) in [5.74, 6) is 0.470. The second-order valence-corrected chi connectivity index (χ2v) is 6.55. The molecule has 0 atom stereocenters. The van der Waals surface area contributed by atoms with E-state index in [1.807, 2.05) is 31.2 Å². The van der Waals surface area contributed by atoms with Crippen molar-refractivity contribution in [2.24, 2.45) is 0 Å². The molecule has 6 heteroatoms. The van der Waals surface area contributed by atoms with Crippen LogP contribution in [0, 0.1) is 13.8 Å². The number of rotatable bonds is 4. The maximum absolute atomic E-state index is 13.0. The molecule has 0 saturated heterocycles. The second-order valence-electron chi connectivity index (χ2n) is 6.55. The van der Waals surface area contributed by atoms with Gasteiger partial charge in [-0.05, 0) is 44.2 Å². The first kappa shape index (κ1) is 17.7. The zero-order valence-electron chi connectivity index (χ0n) is 15.8. The van der Waals surface area contributed by atoms with Crippen LogP contribution in [0.15, 0.2) is 59.1 Å². The maximum atomic E-state index is 13.0. The minimum atomic E-state index is -0.253. The molecular formula is C22H19N3O3. The number of pyridine rings is 1. The SMILES string of the molecule is COc1ccc(NC(=O)c2cc(-c3ccc(C)cc3)nc3onc(C)c23)cc1. The first-order chi connectivity index (χ1) is 13.5. The monoisotopic (exact) mass is 373 g/mol. The third-order valence-corrected chi connectivity index (χ3v) is 4.56. The quantitative estimate of drug-likeness (QED) is 0.558. The molecule has 0 spiro atoms. The van der Waals surface area contributed by atoms with E-state index in [0.717, 1.165) is 16.9 Å². The summed E-state index contributed by atoms with van der Waals surface area (Å²) in [6.07, 6.45) is 0. The van der Waals surface area contributed by atoms with Crippen molar-refractivity contribution in [1.82, 2.24) is 10.1 Å². The van der Waals surface area contributed by atoms with E-state index in [0.29, 0.717) is 33.7 Å². The summed E-state index contributed by atoms with van der Waals surface area (Å²) in [7, 11) is 1.60. The second kappa shape index (κ2) is 7.15. The van der Waals surface area contributed by atoms with Crippen LogP contribution in [-0.4, -0.2) is 23.2 Å². The zero-order valence-corrected chi connectivity index (χ0v) is 15.8. The molecule has 4 aromatic rings. The number of amides is 1. The molecule has 2 aromatic heterocycles. The molecule has 0 unspecified atom stereocenters. The summed E-state index contributed by atoms with van der Waals surface area (Å²) >= 11 is 0. The number of benzene rings is 2. The topological polar surface area (TPSA) is 77.2 Å². The predicted octanol–water partition coefficient (Wildman–Crippen LogP) is 4.77. The van der Waals surface area contributed by atoms with Crippen molar-refractivity contribution in [3.63, 3.8) is 0 Å². The van der Waals surface area contributed by atoms with Gasteiger partial charge in [0.15, 0.2) is 0 Å². The van der Waals surface area contributed by atoms with Crippen molar-refractivity contribution < 1.29 is 14.1 Å². The molecule has 140 valence electrons. The van der Waals surface area contributed by atoms with Crippen LogP contribution < -0.4 is 10.1 Å². The Bertz CT molecular complexity index is 1150. The first-order valence-corrected chi connectivity index (χ1v) is 8.84. The highest BCUT2D eigenvalue weighted by atomic mass is 16.5. The van der Waals surface area contributed by atoms with Gasteiger partial charge in [0.05, 0.1) is 29.4 Å². The molecular weight excluding hydrogens is 354 g/mol. The van der Waals surface area contributed by atoms with Gasteiger partial charge in [-0.3, -0.25) is 4.79 Å². The van der Waals surface area contributed by atoms with Crippen LogP contribution in [0.3, 0.4) is 0 Å². The number of methoxy groups -OCH3 is 1. The van der Waals surface area contributed by atoms with E-state index in [4.69, 9.17) is 9.26 Å². The van der Waals surface area contributed by atoms with Crippen LogP contribution in [0.2, 0.25) is 0 Å².